The minimum absolute atomic E-state index is 0.0253. The summed E-state index contributed by atoms with van der Waals surface area (Å²) < 4.78 is 23.9. The number of carbonyl (C=O) groups excluding carboxylic acids is 1. The van der Waals surface area contributed by atoms with E-state index in [0.717, 1.165) is 11.1 Å². The zero-order valence-electron chi connectivity index (χ0n) is 21.7. The molecule has 2 aromatic carbocycles. The Kier molecular flexibility index (Phi) is 7.83. The van der Waals surface area contributed by atoms with Crippen molar-refractivity contribution in [3.8, 4) is 17.2 Å². The number of fused-ring (bicyclic) bond motifs is 1. The number of carbonyl (C=O) groups is 1. The van der Waals surface area contributed by atoms with Gasteiger partial charge >= 0.3 is 5.97 Å². The number of benzene rings is 2. The molecule has 4 rings (SSSR count). The van der Waals surface area contributed by atoms with Crippen molar-refractivity contribution in [3.63, 3.8) is 0 Å². The van der Waals surface area contributed by atoms with Gasteiger partial charge in [0.2, 0.25) is 0 Å². The molecule has 0 aliphatic carbocycles. The van der Waals surface area contributed by atoms with Crippen LogP contribution in [0.15, 0.2) is 63.5 Å². The maximum Gasteiger partial charge on any atom is 0.338 e. The van der Waals surface area contributed by atoms with Gasteiger partial charge in [-0.3, -0.25) is 9.36 Å². The number of rotatable bonds is 8. The van der Waals surface area contributed by atoms with Gasteiger partial charge in [-0.2, -0.15) is 0 Å². The van der Waals surface area contributed by atoms with Crippen LogP contribution in [-0.2, 0) is 9.53 Å². The number of thiazole rings is 1. The van der Waals surface area contributed by atoms with E-state index < -0.39 is 12.0 Å². The van der Waals surface area contributed by atoms with Crippen LogP contribution in [0.1, 0.15) is 44.9 Å². The Hall–Kier alpha value is -3.85. The summed E-state index contributed by atoms with van der Waals surface area (Å²) in [6.07, 6.45) is 1.81. The minimum atomic E-state index is -0.684. The van der Waals surface area contributed by atoms with Gasteiger partial charge in [0.1, 0.15) is 5.75 Å². The van der Waals surface area contributed by atoms with Gasteiger partial charge in [-0.25, -0.2) is 9.79 Å². The highest BCUT2D eigenvalue weighted by Crippen LogP contribution is 2.32. The standard InChI is InChI=1S/C28H30N2O6S/c1-7-35-27(32)24-17(4)29-28-30(25(24)19-9-11-20(12-10-19)36-16(2)3)26(31)23(37-28)15-18-8-13-21(33-5)22(14-18)34-6/h8-16,25H,7H2,1-6H3/b23-15+/t25-/m0/s1. The lowest BCUT2D eigenvalue weighted by Crippen LogP contribution is -2.39. The lowest BCUT2D eigenvalue weighted by molar-refractivity contribution is -0.139. The highest BCUT2D eigenvalue weighted by atomic mass is 32.1. The first-order valence-electron chi connectivity index (χ1n) is 12.0. The molecular weight excluding hydrogens is 492 g/mol. The number of esters is 1. The summed E-state index contributed by atoms with van der Waals surface area (Å²) in [7, 11) is 3.13. The van der Waals surface area contributed by atoms with Crippen molar-refractivity contribution in [2.75, 3.05) is 20.8 Å². The summed E-state index contributed by atoms with van der Waals surface area (Å²) in [4.78, 5) is 31.9. The maximum atomic E-state index is 13.8. The number of methoxy groups -OCH3 is 2. The molecule has 3 aromatic rings. The Morgan fingerprint density at radius 3 is 2.43 bits per heavy atom. The van der Waals surface area contributed by atoms with Crippen LogP contribution in [0.3, 0.4) is 0 Å². The Bertz CT molecular complexity index is 1520. The largest absolute Gasteiger partial charge is 0.493 e. The summed E-state index contributed by atoms with van der Waals surface area (Å²) in [5.41, 5.74) is 2.14. The van der Waals surface area contributed by atoms with Gasteiger partial charge in [-0.05, 0) is 69.2 Å². The van der Waals surface area contributed by atoms with E-state index in [1.165, 1.54) is 11.3 Å². The Labute approximate surface area is 219 Å². The Morgan fingerprint density at radius 2 is 1.81 bits per heavy atom. The third kappa shape index (κ3) is 5.32. The van der Waals surface area contributed by atoms with Gasteiger partial charge in [0.05, 0.1) is 48.8 Å². The van der Waals surface area contributed by atoms with Crippen LogP contribution in [0, 0.1) is 0 Å². The molecule has 0 saturated carbocycles. The molecule has 1 aliphatic rings. The second kappa shape index (κ2) is 11.0. The lowest BCUT2D eigenvalue weighted by Gasteiger charge is -2.25. The molecule has 8 nitrogen and oxygen atoms in total. The zero-order chi connectivity index (χ0) is 26.7. The molecule has 0 radical (unpaired) electrons. The van der Waals surface area contributed by atoms with Crippen LogP contribution in [0.5, 0.6) is 17.2 Å². The molecule has 37 heavy (non-hydrogen) atoms. The third-order valence-electron chi connectivity index (χ3n) is 5.79. The molecule has 0 N–H and O–H groups in total. The van der Waals surface area contributed by atoms with E-state index in [0.29, 0.717) is 37.9 Å². The molecule has 9 heteroatoms. The topological polar surface area (TPSA) is 88.4 Å². The van der Waals surface area contributed by atoms with E-state index in [2.05, 4.69) is 4.99 Å². The Balaban J connectivity index is 1.88. The molecule has 2 heterocycles. The number of aromatic nitrogens is 1. The summed E-state index contributed by atoms with van der Waals surface area (Å²) in [6, 6.07) is 12.2. The molecule has 1 aliphatic heterocycles. The van der Waals surface area contributed by atoms with Crippen molar-refractivity contribution in [3.05, 3.63) is 84.5 Å². The second-order valence-electron chi connectivity index (χ2n) is 8.65. The van der Waals surface area contributed by atoms with E-state index in [9.17, 15) is 9.59 Å². The predicted molar refractivity (Wildman–Crippen MR) is 142 cm³/mol. The average Bonchev–Trinajstić information content (AvgIpc) is 3.17. The zero-order valence-corrected chi connectivity index (χ0v) is 22.5. The highest BCUT2D eigenvalue weighted by Gasteiger charge is 2.33. The summed E-state index contributed by atoms with van der Waals surface area (Å²) >= 11 is 1.27. The highest BCUT2D eigenvalue weighted by molar-refractivity contribution is 7.07. The number of ether oxygens (including phenoxy) is 4. The molecule has 1 aromatic heterocycles. The van der Waals surface area contributed by atoms with E-state index in [4.69, 9.17) is 18.9 Å². The number of hydrogen-bond acceptors (Lipinski definition) is 8. The predicted octanol–water partition coefficient (Wildman–Crippen LogP) is 3.60. The summed E-state index contributed by atoms with van der Waals surface area (Å²) in [5.74, 6) is 1.37. The van der Waals surface area contributed by atoms with Crippen LogP contribution in [0.4, 0.5) is 0 Å². The van der Waals surface area contributed by atoms with Crippen molar-refractivity contribution in [1.82, 2.24) is 4.57 Å². The monoisotopic (exact) mass is 522 g/mol. The molecule has 1 atom stereocenters. The van der Waals surface area contributed by atoms with E-state index in [-0.39, 0.29) is 18.3 Å². The van der Waals surface area contributed by atoms with Crippen LogP contribution in [-0.4, -0.2) is 37.5 Å². The van der Waals surface area contributed by atoms with E-state index >= 15 is 0 Å². The SMILES string of the molecule is CCOC(=O)C1=C(C)N=c2s/c(=C/c3ccc(OC)c(OC)c3)c(=O)n2[C@H]1c1ccc(OC(C)C)cc1. The van der Waals surface area contributed by atoms with Gasteiger partial charge in [-0.15, -0.1) is 0 Å². The summed E-state index contributed by atoms with van der Waals surface area (Å²) in [5, 5.41) is 0. The molecule has 0 saturated heterocycles. The average molecular weight is 523 g/mol. The molecule has 0 spiro atoms. The fraction of sp³-hybridized carbons (Fsp3) is 0.321. The maximum absolute atomic E-state index is 13.8. The lowest BCUT2D eigenvalue weighted by atomic mass is 9.96. The minimum Gasteiger partial charge on any atom is -0.493 e. The normalized spacial score (nSPS) is 15.3. The first kappa shape index (κ1) is 26.2. The number of hydrogen-bond donors (Lipinski definition) is 0. The van der Waals surface area contributed by atoms with Crippen molar-refractivity contribution >= 4 is 23.4 Å². The molecule has 0 fully saturated rings. The van der Waals surface area contributed by atoms with Crippen molar-refractivity contribution in [1.29, 1.82) is 0 Å². The van der Waals surface area contributed by atoms with Crippen LogP contribution < -0.4 is 29.1 Å². The molecule has 0 unspecified atom stereocenters. The van der Waals surface area contributed by atoms with E-state index in [1.54, 1.807) is 50.8 Å². The van der Waals surface area contributed by atoms with Crippen molar-refractivity contribution in [2.24, 2.45) is 4.99 Å². The quantitative estimate of drug-likeness (QED) is 0.420. The molecule has 0 bridgehead atoms. The van der Waals surface area contributed by atoms with Crippen LogP contribution in [0.25, 0.3) is 6.08 Å². The molecule has 0 amide bonds. The molecular formula is C28H30N2O6S. The smallest absolute Gasteiger partial charge is 0.338 e. The fourth-order valence-electron chi connectivity index (χ4n) is 4.20. The fourth-order valence-corrected chi connectivity index (χ4v) is 5.25. The Morgan fingerprint density at radius 1 is 1.11 bits per heavy atom. The summed E-state index contributed by atoms with van der Waals surface area (Å²) in [6.45, 7) is 7.64. The van der Waals surface area contributed by atoms with Crippen LogP contribution in [0.2, 0.25) is 0 Å². The molecule has 194 valence electrons. The first-order chi connectivity index (χ1) is 17.8. The third-order valence-corrected chi connectivity index (χ3v) is 6.77. The van der Waals surface area contributed by atoms with Gasteiger partial charge in [0.15, 0.2) is 16.3 Å². The van der Waals surface area contributed by atoms with Gasteiger partial charge in [-0.1, -0.05) is 29.5 Å². The van der Waals surface area contributed by atoms with Gasteiger partial charge < -0.3 is 18.9 Å². The van der Waals surface area contributed by atoms with Crippen molar-refractivity contribution < 1.29 is 23.7 Å². The van der Waals surface area contributed by atoms with Crippen molar-refractivity contribution in [2.45, 2.75) is 39.8 Å². The number of nitrogens with zero attached hydrogens (tertiary/aromatic N) is 2. The first-order valence-corrected chi connectivity index (χ1v) is 12.8. The van der Waals surface area contributed by atoms with Gasteiger partial charge in [0, 0.05) is 0 Å². The number of allylic oxidation sites excluding steroid dienone is 1. The van der Waals surface area contributed by atoms with Crippen LogP contribution >= 0.6 is 11.3 Å². The van der Waals surface area contributed by atoms with Gasteiger partial charge in [0.25, 0.3) is 5.56 Å². The van der Waals surface area contributed by atoms with E-state index in [1.807, 2.05) is 44.2 Å². The second-order valence-corrected chi connectivity index (χ2v) is 9.66.